The maximum atomic E-state index is 12.1. The molecule has 0 radical (unpaired) electrons. The number of nitrogens with zero attached hydrogens (tertiary/aromatic N) is 7. The topological polar surface area (TPSA) is 169 Å². The summed E-state index contributed by atoms with van der Waals surface area (Å²) in [5, 5.41) is 6.80. The Morgan fingerprint density at radius 1 is 1.32 bits per heavy atom. The first-order valence-corrected chi connectivity index (χ1v) is 5.48. The van der Waals surface area contributed by atoms with E-state index in [1.54, 1.807) is 12.1 Å². The first-order chi connectivity index (χ1) is 10.6. The van der Waals surface area contributed by atoms with Gasteiger partial charge in [-0.05, 0) is 22.5 Å². The van der Waals surface area contributed by atoms with Gasteiger partial charge in [0, 0.05) is 10.8 Å². The highest BCUT2D eigenvalue weighted by atomic mass is 16.9. The van der Waals surface area contributed by atoms with Crippen molar-refractivity contribution in [2.24, 2.45) is 16.2 Å². The van der Waals surface area contributed by atoms with Gasteiger partial charge in [0.1, 0.15) is 0 Å². The smallest absolute Gasteiger partial charge is 0.267 e. The molecule has 1 aromatic rings. The summed E-state index contributed by atoms with van der Waals surface area (Å²) >= 11 is 0. The average molecular weight is 305 g/mol. The van der Waals surface area contributed by atoms with Crippen molar-refractivity contribution in [2.45, 2.75) is 0 Å². The van der Waals surface area contributed by atoms with Crippen LogP contribution in [0.25, 0.3) is 10.4 Å². The number of hydrazone groups is 1. The van der Waals surface area contributed by atoms with Gasteiger partial charge in [-0.1, -0.05) is 17.4 Å². The lowest BCUT2D eigenvalue weighted by molar-refractivity contribution is -0.320. The number of hydrogen-bond acceptors (Lipinski definition) is 9. The number of nitrogens with one attached hydrogen (secondary N) is 1. The zero-order valence-electron chi connectivity index (χ0n) is 10.7. The van der Waals surface area contributed by atoms with Crippen LogP contribution in [0.2, 0.25) is 0 Å². The first kappa shape index (κ1) is 14.9. The Hall–Kier alpha value is -3.47. The third kappa shape index (κ3) is 2.69. The standard InChI is InChI=1S/C9H7N9O4/c10-13-14-17(11)15-22-18(12-5-19)16-8(20)6-3-1-2-4-7(6)9(16)21/h1-4,15H,11H2. The fourth-order valence-corrected chi connectivity index (χ4v) is 1.61. The molecule has 0 atom stereocenters. The largest absolute Gasteiger partial charge is 0.284 e. The van der Waals surface area contributed by atoms with E-state index in [-0.39, 0.29) is 21.6 Å². The van der Waals surface area contributed by atoms with E-state index in [4.69, 9.17) is 11.4 Å². The molecule has 0 unspecified atom stereocenters. The van der Waals surface area contributed by atoms with Gasteiger partial charge < -0.3 is 0 Å². The second-order valence-electron chi connectivity index (χ2n) is 3.62. The fraction of sp³-hybridized carbons (Fsp3) is 0. The molecule has 22 heavy (non-hydrogen) atoms. The predicted octanol–water partition coefficient (Wildman–Crippen LogP) is -0.497. The number of imide groups is 1. The van der Waals surface area contributed by atoms with Crippen LogP contribution in [0.5, 0.6) is 0 Å². The summed E-state index contributed by atoms with van der Waals surface area (Å²) in [5.74, 6) is 3.54. The van der Waals surface area contributed by atoms with Gasteiger partial charge in [0.2, 0.25) is 0 Å². The summed E-state index contributed by atoms with van der Waals surface area (Å²) in [6.45, 7) is 0. The molecule has 0 fully saturated rings. The van der Waals surface area contributed by atoms with E-state index in [2.05, 4.69) is 20.2 Å². The van der Waals surface area contributed by atoms with Crippen molar-refractivity contribution >= 4 is 17.9 Å². The van der Waals surface area contributed by atoms with Crippen LogP contribution in [0, 0.1) is 0 Å². The van der Waals surface area contributed by atoms with E-state index in [0.717, 1.165) is 6.08 Å². The second kappa shape index (κ2) is 6.32. The molecule has 13 nitrogen and oxygen atoms in total. The number of benzene rings is 1. The van der Waals surface area contributed by atoms with Crippen molar-refractivity contribution < 1.29 is 19.3 Å². The summed E-state index contributed by atoms with van der Waals surface area (Å²) in [7, 11) is 0. The highest BCUT2D eigenvalue weighted by Gasteiger charge is 2.40. The van der Waals surface area contributed by atoms with Crippen molar-refractivity contribution in [3.63, 3.8) is 0 Å². The number of carbonyl (C=O) groups is 2. The number of fused-ring (bicyclic) bond motifs is 1. The van der Waals surface area contributed by atoms with Crippen molar-refractivity contribution in [1.29, 1.82) is 0 Å². The minimum absolute atomic E-state index is 0.0989. The molecule has 0 bridgehead atoms. The molecule has 3 N–H and O–H groups in total. The van der Waals surface area contributed by atoms with Crippen LogP contribution in [-0.4, -0.2) is 33.4 Å². The minimum Gasteiger partial charge on any atom is -0.267 e. The second-order valence-corrected chi connectivity index (χ2v) is 3.62. The molecule has 1 aromatic carbocycles. The van der Waals surface area contributed by atoms with Gasteiger partial charge in [0.05, 0.1) is 11.1 Å². The third-order valence-electron chi connectivity index (χ3n) is 2.42. The van der Waals surface area contributed by atoms with Crippen LogP contribution in [0.3, 0.4) is 0 Å². The first-order valence-electron chi connectivity index (χ1n) is 5.48. The summed E-state index contributed by atoms with van der Waals surface area (Å²) in [6, 6.07) is 5.95. The Morgan fingerprint density at radius 3 is 2.41 bits per heavy atom. The van der Waals surface area contributed by atoms with E-state index in [0.29, 0.717) is 5.01 Å². The SMILES string of the molecule is [N-]=[N+]=NN(N)NON(N=C=O)N1C(=O)c2ccccc2C1=O. The van der Waals surface area contributed by atoms with Gasteiger partial charge in [-0.2, -0.15) is 4.91 Å². The van der Waals surface area contributed by atoms with E-state index < -0.39 is 11.8 Å². The lowest BCUT2D eigenvalue weighted by Crippen LogP contribution is -2.50. The molecule has 2 rings (SSSR count). The molecule has 13 heteroatoms. The highest BCUT2D eigenvalue weighted by molar-refractivity contribution is 6.20. The number of rotatable bonds is 6. The van der Waals surface area contributed by atoms with E-state index >= 15 is 0 Å². The summed E-state index contributed by atoms with van der Waals surface area (Å²) < 4.78 is 0. The molecule has 0 saturated carbocycles. The average Bonchev–Trinajstić information content (AvgIpc) is 2.76. The molecule has 112 valence electrons. The van der Waals surface area contributed by atoms with E-state index in [1.807, 2.05) is 5.59 Å². The molecule has 0 aliphatic carbocycles. The van der Waals surface area contributed by atoms with E-state index in [9.17, 15) is 14.4 Å². The Balaban J connectivity index is 2.23. The summed E-state index contributed by atoms with van der Waals surface area (Å²) in [5.41, 5.74) is 10.2. The van der Waals surface area contributed by atoms with Crippen LogP contribution in [0.1, 0.15) is 20.7 Å². The number of carbonyl (C=O) groups excluding carboxylic acids is 3. The Morgan fingerprint density at radius 2 is 1.91 bits per heavy atom. The zero-order valence-corrected chi connectivity index (χ0v) is 10.7. The van der Waals surface area contributed by atoms with Gasteiger partial charge in [0.25, 0.3) is 17.9 Å². The van der Waals surface area contributed by atoms with Gasteiger partial charge in [-0.3, -0.25) is 9.59 Å². The van der Waals surface area contributed by atoms with Crippen molar-refractivity contribution in [2.75, 3.05) is 0 Å². The highest BCUT2D eigenvalue weighted by Crippen LogP contribution is 2.24. The third-order valence-corrected chi connectivity index (χ3v) is 2.42. The molecule has 0 aromatic heterocycles. The summed E-state index contributed by atoms with van der Waals surface area (Å²) in [4.78, 5) is 41.6. The van der Waals surface area contributed by atoms with Crippen molar-refractivity contribution in [3.8, 4) is 0 Å². The molecule has 1 aliphatic heterocycles. The number of isocyanates is 1. The number of hydrogen-bond donors (Lipinski definition) is 2. The molecular formula is C9H7N9O4. The van der Waals surface area contributed by atoms with E-state index in [1.165, 1.54) is 12.1 Å². The predicted molar refractivity (Wildman–Crippen MR) is 66.3 cm³/mol. The zero-order chi connectivity index (χ0) is 16.1. The van der Waals surface area contributed by atoms with Crippen LogP contribution in [0.4, 0.5) is 0 Å². The fourth-order valence-electron chi connectivity index (χ4n) is 1.61. The minimum atomic E-state index is -0.784. The Bertz CT molecular complexity index is 674. The normalized spacial score (nSPS) is 12.3. The van der Waals surface area contributed by atoms with Crippen LogP contribution >= 0.6 is 0 Å². The molecular weight excluding hydrogens is 298 g/mol. The molecule has 0 saturated heterocycles. The van der Waals surface area contributed by atoms with Crippen LogP contribution in [-0.2, 0) is 9.73 Å². The van der Waals surface area contributed by atoms with Crippen LogP contribution < -0.4 is 11.4 Å². The quantitative estimate of drug-likeness (QED) is 0.103. The monoisotopic (exact) mass is 305 g/mol. The molecule has 1 aliphatic rings. The lowest BCUT2D eigenvalue weighted by Gasteiger charge is -2.22. The van der Waals surface area contributed by atoms with Crippen molar-refractivity contribution in [1.82, 2.24) is 21.1 Å². The Labute approximate surface area is 121 Å². The number of azide groups is 1. The van der Waals surface area contributed by atoms with Gasteiger partial charge in [0.15, 0.2) is 0 Å². The van der Waals surface area contributed by atoms with Gasteiger partial charge in [-0.25, -0.2) is 4.79 Å². The van der Waals surface area contributed by atoms with Gasteiger partial charge in [-0.15, -0.1) is 21.3 Å². The maximum absolute atomic E-state index is 12.1. The number of nitrogens with two attached hydrogens (primary N) is 1. The number of amides is 2. The van der Waals surface area contributed by atoms with Crippen molar-refractivity contribution in [3.05, 3.63) is 45.8 Å². The maximum Gasteiger partial charge on any atom is 0.284 e. The number of hydrazine groups is 3. The molecule has 0 spiro atoms. The lowest BCUT2D eigenvalue weighted by atomic mass is 10.1. The summed E-state index contributed by atoms with van der Waals surface area (Å²) in [6.07, 6.45) is 1.10. The van der Waals surface area contributed by atoms with Gasteiger partial charge >= 0.3 is 0 Å². The molecule has 2 amide bonds. The molecule has 1 heterocycles. The Kier molecular flexibility index (Phi) is 4.29. The van der Waals surface area contributed by atoms with Crippen LogP contribution in [0.15, 0.2) is 34.6 Å².